The second kappa shape index (κ2) is 22.8. The van der Waals surface area contributed by atoms with Gasteiger partial charge in [-0.05, 0) is 110 Å². The number of anilines is 2. The lowest BCUT2D eigenvalue weighted by atomic mass is 10.1. The van der Waals surface area contributed by atoms with Crippen molar-refractivity contribution in [2.45, 2.75) is 93.5 Å². The minimum Gasteiger partial charge on any atom is -0.463 e. The number of hydrogen-bond donors (Lipinski definition) is 0. The minimum atomic E-state index is -0.652. The van der Waals surface area contributed by atoms with Crippen molar-refractivity contribution in [2.75, 3.05) is 23.0 Å². The van der Waals surface area contributed by atoms with Gasteiger partial charge in [-0.15, -0.1) is 0 Å². The molecule has 0 bridgehead atoms. The van der Waals surface area contributed by atoms with Gasteiger partial charge in [0.2, 0.25) is 0 Å². The quantitative estimate of drug-likeness (QED) is 0.0798. The Kier molecular flexibility index (Phi) is 18.9. The molecule has 0 aliphatic carbocycles. The van der Waals surface area contributed by atoms with E-state index in [0.29, 0.717) is 31.1 Å². The smallest absolute Gasteiger partial charge is 0.418 e. The molecule has 0 N–H and O–H groups in total. The molecule has 2 aromatic heterocycles. The Labute approximate surface area is 343 Å². The summed E-state index contributed by atoms with van der Waals surface area (Å²) in [5.74, 6) is -0.763. The zero-order chi connectivity index (χ0) is 42.8. The number of hydrogen-bond acceptors (Lipinski definition) is 12. The number of nitrogens with zero attached hydrogens (tertiary/aromatic N) is 4. The predicted octanol–water partition coefficient (Wildman–Crippen LogP) is 9.92. The van der Waals surface area contributed by atoms with E-state index in [2.05, 4.69) is 37.2 Å². The molecule has 0 radical (unpaired) electrons. The first-order valence-electron chi connectivity index (χ1n) is 18.1. The normalized spacial score (nSPS) is 10.9. The van der Waals surface area contributed by atoms with Gasteiger partial charge in [0.15, 0.2) is 0 Å². The third kappa shape index (κ3) is 18.7. The van der Waals surface area contributed by atoms with Crippen LogP contribution in [-0.2, 0) is 41.6 Å². The zero-order valence-corrected chi connectivity index (χ0v) is 35.9. The summed E-state index contributed by atoms with van der Waals surface area (Å²) in [6.07, 6.45) is 6.11. The average Bonchev–Trinajstić information content (AvgIpc) is 3.75. The number of rotatable bonds is 11. The van der Waals surface area contributed by atoms with Crippen LogP contribution in [-0.4, -0.2) is 58.5 Å². The number of oxazole rings is 2. The maximum atomic E-state index is 12.7. The van der Waals surface area contributed by atoms with E-state index in [1.54, 1.807) is 54.5 Å². The van der Waals surface area contributed by atoms with Crippen LogP contribution >= 0.6 is 15.9 Å². The van der Waals surface area contributed by atoms with E-state index in [4.69, 9.17) is 23.0 Å². The Morgan fingerprint density at radius 1 is 0.737 bits per heavy atom. The first-order chi connectivity index (χ1) is 26.7. The predicted molar refractivity (Wildman–Crippen MR) is 220 cm³/mol. The minimum absolute atomic E-state index is 0.166. The molecule has 0 saturated heterocycles. The number of ether oxygens (including phenoxy) is 4. The van der Waals surface area contributed by atoms with Gasteiger partial charge in [-0.25, -0.2) is 29.0 Å². The fourth-order valence-corrected chi connectivity index (χ4v) is 4.78. The molecule has 2 aromatic carbocycles. The molecule has 0 spiro atoms. The van der Waals surface area contributed by atoms with Gasteiger partial charge in [-0.3, -0.25) is 0 Å². The number of carbonyl (C=O) groups excluding carboxylic acids is 4. The number of aromatic nitrogens is 2. The molecule has 0 saturated carbocycles. The van der Waals surface area contributed by atoms with Crippen LogP contribution in [0.3, 0.4) is 0 Å². The van der Waals surface area contributed by atoms with Crippen LogP contribution in [0.15, 0.2) is 93.1 Å². The van der Waals surface area contributed by atoms with Gasteiger partial charge in [0, 0.05) is 16.6 Å². The van der Waals surface area contributed by atoms with E-state index in [9.17, 15) is 19.2 Å². The van der Waals surface area contributed by atoms with Crippen LogP contribution in [0.2, 0.25) is 0 Å². The molecule has 2 heterocycles. The van der Waals surface area contributed by atoms with Gasteiger partial charge in [0.1, 0.15) is 23.7 Å². The topological polar surface area (TPSA) is 164 Å². The van der Waals surface area contributed by atoms with Gasteiger partial charge in [-0.1, -0.05) is 52.8 Å². The number of carbonyl (C=O) groups is 4. The largest absolute Gasteiger partial charge is 0.463 e. The van der Waals surface area contributed by atoms with Gasteiger partial charge >= 0.3 is 36.2 Å². The van der Waals surface area contributed by atoms with Crippen LogP contribution < -0.4 is 9.80 Å². The summed E-state index contributed by atoms with van der Waals surface area (Å²) in [6, 6.07) is 15.5. The molecule has 0 aliphatic rings. The molecule has 0 fully saturated rings. The van der Waals surface area contributed by atoms with Crippen molar-refractivity contribution in [3.63, 3.8) is 0 Å². The van der Waals surface area contributed by atoms with Crippen LogP contribution in [0, 0.1) is 13.8 Å². The lowest BCUT2D eigenvalue weighted by Gasteiger charge is -2.25. The van der Waals surface area contributed by atoms with Crippen LogP contribution in [0.25, 0.3) is 6.08 Å². The first-order valence-corrected chi connectivity index (χ1v) is 18.9. The van der Waals surface area contributed by atoms with Crippen molar-refractivity contribution in [1.29, 1.82) is 0 Å². The molecule has 308 valence electrons. The van der Waals surface area contributed by atoms with E-state index in [0.717, 1.165) is 27.2 Å². The summed E-state index contributed by atoms with van der Waals surface area (Å²) in [5, 5.41) is 0. The first kappa shape index (κ1) is 47.5. The summed E-state index contributed by atoms with van der Waals surface area (Å²) in [7, 11) is 0. The number of aryl methyl sites for hydroxylation is 2. The van der Waals surface area contributed by atoms with Gasteiger partial charge in [0.05, 0.1) is 37.7 Å². The summed E-state index contributed by atoms with van der Waals surface area (Å²) in [5.41, 5.74) is 2.70. The fourth-order valence-electron chi connectivity index (χ4n) is 4.34. The highest BCUT2D eigenvalue weighted by Crippen LogP contribution is 2.23. The molecule has 4 rings (SSSR count). The Balaban J connectivity index is 0.000000344. The fraction of sp³-hybridized carbons (Fsp3) is 0.381. The number of halogens is 1. The maximum Gasteiger partial charge on any atom is 0.418 e. The Morgan fingerprint density at radius 3 is 1.58 bits per heavy atom. The molecule has 57 heavy (non-hydrogen) atoms. The summed E-state index contributed by atoms with van der Waals surface area (Å²) >= 11 is 3.42. The van der Waals surface area contributed by atoms with E-state index in [1.807, 2.05) is 69.3 Å². The van der Waals surface area contributed by atoms with Gasteiger partial charge < -0.3 is 27.8 Å². The Bertz CT molecular complexity index is 1960. The molecule has 2 amide bonds. The van der Waals surface area contributed by atoms with E-state index in [-0.39, 0.29) is 24.5 Å². The summed E-state index contributed by atoms with van der Waals surface area (Å²) < 4.78 is 32.0. The van der Waals surface area contributed by atoms with E-state index >= 15 is 0 Å². The Morgan fingerprint density at radius 2 is 1.19 bits per heavy atom. The number of esters is 2. The molecule has 15 heteroatoms. The summed E-state index contributed by atoms with van der Waals surface area (Å²) in [4.78, 5) is 57.9. The highest BCUT2D eigenvalue weighted by molar-refractivity contribution is 9.10. The van der Waals surface area contributed by atoms with Crippen molar-refractivity contribution in [2.24, 2.45) is 0 Å². The van der Waals surface area contributed by atoms with Gasteiger partial charge in [-0.2, -0.15) is 9.97 Å². The van der Waals surface area contributed by atoms with E-state index in [1.165, 1.54) is 28.4 Å². The molecule has 0 unspecified atom stereocenters. The zero-order valence-electron chi connectivity index (χ0n) is 34.3. The maximum absolute atomic E-state index is 12.7. The lowest BCUT2D eigenvalue weighted by molar-refractivity contribution is -0.138. The summed E-state index contributed by atoms with van der Waals surface area (Å²) in [6.45, 7) is 22.4. The van der Waals surface area contributed by atoms with Gasteiger partial charge in [0.25, 0.3) is 0 Å². The number of benzene rings is 2. The van der Waals surface area contributed by atoms with Crippen molar-refractivity contribution >= 4 is 58.2 Å². The molecule has 4 aromatic rings. The lowest BCUT2D eigenvalue weighted by Crippen LogP contribution is -2.36. The third-order valence-electron chi connectivity index (χ3n) is 6.58. The number of amides is 2. The molecular formula is C42H53BrN4O10. The average molecular weight is 854 g/mol. The molecule has 0 aliphatic heterocycles. The van der Waals surface area contributed by atoms with Crippen molar-refractivity contribution in [1.82, 2.24) is 9.97 Å². The standard InChI is InChI=1S/C21H26N2O5.C16H19BrN2O3.C5H8O2/c1-6-26-18(24)11-10-16-8-7-9-17(12-16)13-23(19-22-15(2)14-27-19)20(25)28-21(3,4)5;1-11-10-21-14(18-11)19(15(20)22-16(2,3)4)9-12-6-5-7-13(17)8-12;1-3-5(6)7-4-2/h7-12,14H,6,13H2,1-5H3;5-8,10H,9H2,1-4H3;3H,1,4H2,2H3/b11-10+;;. The second-order valence-corrected chi connectivity index (χ2v) is 15.0. The van der Waals surface area contributed by atoms with Crippen LogP contribution in [0.5, 0.6) is 0 Å². The third-order valence-corrected chi connectivity index (χ3v) is 7.07. The molecule has 0 atom stereocenters. The van der Waals surface area contributed by atoms with Crippen LogP contribution in [0.4, 0.5) is 21.6 Å². The monoisotopic (exact) mass is 852 g/mol. The van der Waals surface area contributed by atoms with Crippen molar-refractivity contribution in [3.8, 4) is 0 Å². The van der Waals surface area contributed by atoms with E-state index < -0.39 is 29.4 Å². The second-order valence-electron chi connectivity index (χ2n) is 14.1. The molecule has 14 nitrogen and oxygen atoms in total. The highest BCUT2D eigenvalue weighted by Gasteiger charge is 2.28. The highest BCUT2D eigenvalue weighted by atomic mass is 79.9. The molecular weight excluding hydrogens is 800 g/mol. The van der Waals surface area contributed by atoms with Crippen LogP contribution in [0.1, 0.15) is 83.5 Å². The SMILES string of the molecule is C=CC(=O)OCC.CCOC(=O)/C=C/c1cccc(CN(C(=O)OC(C)(C)C)c2nc(C)co2)c1.Cc1coc(N(Cc2cccc(Br)c2)C(=O)OC(C)(C)C)n1. The Hall–Kier alpha value is -5.70. The van der Waals surface area contributed by atoms with Crippen molar-refractivity contribution in [3.05, 3.63) is 112 Å². The van der Waals surface area contributed by atoms with Crippen molar-refractivity contribution < 1.29 is 47.0 Å².